The molecule has 1 nitrogen and oxygen atoms in total. The van der Waals surface area contributed by atoms with Crippen LogP contribution in [-0.4, -0.2) is 11.7 Å². The number of rotatable bonds is 5. The van der Waals surface area contributed by atoms with Crippen molar-refractivity contribution in [1.29, 1.82) is 0 Å². The number of aliphatic hydroxyl groups is 1. The highest BCUT2D eigenvalue weighted by Gasteiger charge is 2.20. The predicted octanol–water partition coefficient (Wildman–Crippen LogP) is 3.40. The molecule has 0 saturated heterocycles. The van der Waals surface area contributed by atoms with E-state index in [9.17, 15) is 5.11 Å². The maximum atomic E-state index is 9.29. The molecule has 0 radical (unpaired) electrons. The summed E-state index contributed by atoms with van der Waals surface area (Å²) in [6.07, 6.45) is 3.24. The van der Waals surface area contributed by atoms with Gasteiger partial charge in [-0.05, 0) is 48.6 Å². The molecule has 1 rings (SSSR count). The minimum atomic E-state index is 0.108. The van der Waals surface area contributed by atoms with E-state index in [1.54, 1.807) is 0 Å². The van der Waals surface area contributed by atoms with Crippen LogP contribution in [0, 0.1) is 12.3 Å². The second-order valence-electron chi connectivity index (χ2n) is 4.35. The molecule has 1 aromatic heterocycles. The average Bonchev–Trinajstić information content (AvgIpc) is 2.61. The highest BCUT2D eigenvalue weighted by Crippen LogP contribution is 2.28. The van der Waals surface area contributed by atoms with Gasteiger partial charge in [0.1, 0.15) is 0 Å². The summed E-state index contributed by atoms with van der Waals surface area (Å²) in [5.74, 6) is 0. The quantitative estimate of drug-likeness (QED) is 0.793. The molecule has 14 heavy (non-hydrogen) atoms. The molecule has 1 heterocycles. The zero-order valence-electron chi connectivity index (χ0n) is 9.34. The van der Waals surface area contributed by atoms with E-state index in [4.69, 9.17) is 0 Å². The predicted molar refractivity (Wildman–Crippen MR) is 62.9 cm³/mol. The van der Waals surface area contributed by atoms with Gasteiger partial charge in [-0.1, -0.05) is 13.8 Å². The van der Waals surface area contributed by atoms with Crippen molar-refractivity contribution in [3.05, 3.63) is 21.9 Å². The van der Waals surface area contributed by atoms with Gasteiger partial charge in [0.15, 0.2) is 0 Å². The molecular weight excluding hydrogens is 192 g/mol. The standard InChI is InChI=1S/C12H20OS/c1-4-12(3,9-13)7-5-11-10(2)6-8-14-11/h6,8,13H,4-5,7,9H2,1-3H3. The monoisotopic (exact) mass is 212 g/mol. The van der Waals surface area contributed by atoms with Crippen LogP contribution in [0.5, 0.6) is 0 Å². The third-order valence-electron chi connectivity index (χ3n) is 3.16. The van der Waals surface area contributed by atoms with E-state index < -0.39 is 0 Å². The van der Waals surface area contributed by atoms with E-state index in [-0.39, 0.29) is 5.41 Å². The smallest absolute Gasteiger partial charge is 0.0484 e. The Hall–Kier alpha value is -0.340. The molecule has 0 aliphatic rings. The van der Waals surface area contributed by atoms with Crippen molar-refractivity contribution >= 4 is 11.3 Å². The van der Waals surface area contributed by atoms with Gasteiger partial charge >= 0.3 is 0 Å². The molecule has 0 amide bonds. The molecule has 0 bridgehead atoms. The number of hydrogen-bond acceptors (Lipinski definition) is 2. The molecule has 0 fully saturated rings. The zero-order chi connectivity index (χ0) is 10.6. The summed E-state index contributed by atoms with van der Waals surface area (Å²) < 4.78 is 0. The van der Waals surface area contributed by atoms with Crippen molar-refractivity contribution in [3.63, 3.8) is 0 Å². The lowest BCUT2D eigenvalue weighted by Crippen LogP contribution is -2.20. The van der Waals surface area contributed by atoms with Gasteiger partial charge in [-0.2, -0.15) is 0 Å². The van der Waals surface area contributed by atoms with E-state index in [1.807, 2.05) is 11.3 Å². The molecule has 2 heteroatoms. The van der Waals surface area contributed by atoms with Crippen LogP contribution < -0.4 is 0 Å². The largest absolute Gasteiger partial charge is 0.396 e. The summed E-state index contributed by atoms with van der Waals surface area (Å²) in [5.41, 5.74) is 1.50. The Bertz CT molecular complexity index is 274. The fourth-order valence-corrected chi connectivity index (χ4v) is 2.35. The molecule has 1 aromatic rings. The van der Waals surface area contributed by atoms with Crippen LogP contribution in [0.2, 0.25) is 0 Å². The lowest BCUT2D eigenvalue weighted by molar-refractivity contribution is 0.129. The third kappa shape index (κ3) is 2.82. The molecule has 0 aliphatic heterocycles. The van der Waals surface area contributed by atoms with Crippen LogP contribution in [0.4, 0.5) is 0 Å². The van der Waals surface area contributed by atoms with E-state index >= 15 is 0 Å². The van der Waals surface area contributed by atoms with Gasteiger partial charge in [-0.15, -0.1) is 11.3 Å². The second-order valence-corrected chi connectivity index (χ2v) is 5.35. The van der Waals surface area contributed by atoms with Gasteiger partial charge in [0.05, 0.1) is 0 Å². The number of thiophene rings is 1. The van der Waals surface area contributed by atoms with Crippen molar-refractivity contribution in [1.82, 2.24) is 0 Å². The minimum absolute atomic E-state index is 0.108. The minimum Gasteiger partial charge on any atom is -0.396 e. The normalized spacial score (nSPS) is 15.4. The van der Waals surface area contributed by atoms with E-state index in [0.717, 1.165) is 19.3 Å². The Balaban J connectivity index is 2.52. The van der Waals surface area contributed by atoms with Crippen molar-refractivity contribution < 1.29 is 5.11 Å². The highest BCUT2D eigenvalue weighted by molar-refractivity contribution is 7.10. The van der Waals surface area contributed by atoms with Crippen molar-refractivity contribution in [3.8, 4) is 0 Å². The van der Waals surface area contributed by atoms with E-state index in [1.165, 1.54) is 10.4 Å². The first kappa shape index (κ1) is 11.7. The summed E-state index contributed by atoms with van der Waals surface area (Å²) in [6.45, 7) is 6.77. The molecule has 0 saturated carbocycles. The molecule has 0 spiro atoms. The molecule has 0 aromatic carbocycles. The number of aliphatic hydroxyl groups excluding tert-OH is 1. The first-order valence-corrected chi connectivity index (χ1v) is 6.13. The first-order valence-electron chi connectivity index (χ1n) is 5.25. The molecule has 0 aliphatic carbocycles. The summed E-state index contributed by atoms with van der Waals surface area (Å²) in [4.78, 5) is 1.47. The topological polar surface area (TPSA) is 20.2 Å². The van der Waals surface area contributed by atoms with Crippen LogP contribution in [-0.2, 0) is 6.42 Å². The van der Waals surface area contributed by atoms with Crippen molar-refractivity contribution in [2.24, 2.45) is 5.41 Å². The van der Waals surface area contributed by atoms with Gasteiger partial charge in [0.25, 0.3) is 0 Å². The van der Waals surface area contributed by atoms with Crippen molar-refractivity contribution in [2.75, 3.05) is 6.61 Å². The van der Waals surface area contributed by atoms with Gasteiger partial charge in [0.2, 0.25) is 0 Å². The lowest BCUT2D eigenvalue weighted by Gasteiger charge is -2.25. The molecular formula is C12H20OS. The number of aryl methyl sites for hydroxylation is 2. The van der Waals surface area contributed by atoms with Crippen LogP contribution >= 0.6 is 11.3 Å². The Morgan fingerprint density at radius 2 is 2.21 bits per heavy atom. The van der Waals surface area contributed by atoms with Gasteiger partial charge in [-0.3, -0.25) is 0 Å². The van der Waals surface area contributed by atoms with Crippen LogP contribution in [0.25, 0.3) is 0 Å². The Morgan fingerprint density at radius 1 is 1.50 bits per heavy atom. The van der Waals surface area contributed by atoms with Crippen molar-refractivity contribution in [2.45, 2.75) is 40.0 Å². The first-order chi connectivity index (χ1) is 6.61. The van der Waals surface area contributed by atoms with Gasteiger partial charge < -0.3 is 5.11 Å². The van der Waals surface area contributed by atoms with Crippen LogP contribution in [0.3, 0.4) is 0 Å². The maximum Gasteiger partial charge on any atom is 0.0484 e. The molecule has 1 unspecified atom stereocenters. The van der Waals surface area contributed by atoms with Gasteiger partial charge in [-0.25, -0.2) is 0 Å². The molecule has 1 atom stereocenters. The summed E-state index contributed by atoms with van der Waals surface area (Å²) in [6, 6.07) is 2.17. The number of hydrogen-bond donors (Lipinski definition) is 1. The summed E-state index contributed by atoms with van der Waals surface area (Å²) >= 11 is 1.83. The Labute approximate surface area is 90.8 Å². The molecule has 1 N–H and O–H groups in total. The van der Waals surface area contributed by atoms with E-state index in [2.05, 4.69) is 32.2 Å². The highest BCUT2D eigenvalue weighted by atomic mass is 32.1. The lowest BCUT2D eigenvalue weighted by atomic mass is 9.83. The third-order valence-corrected chi connectivity index (χ3v) is 4.24. The Morgan fingerprint density at radius 3 is 2.64 bits per heavy atom. The molecule has 80 valence electrons. The van der Waals surface area contributed by atoms with E-state index in [0.29, 0.717) is 6.61 Å². The fourth-order valence-electron chi connectivity index (χ4n) is 1.44. The fraction of sp³-hybridized carbons (Fsp3) is 0.667. The second kappa shape index (κ2) is 4.94. The summed E-state index contributed by atoms with van der Waals surface area (Å²) in [5, 5.41) is 11.4. The zero-order valence-corrected chi connectivity index (χ0v) is 10.2. The SMILES string of the molecule is CCC(C)(CO)CCc1sccc1C. The van der Waals surface area contributed by atoms with Gasteiger partial charge in [0, 0.05) is 11.5 Å². The summed E-state index contributed by atoms with van der Waals surface area (Å²) in [7, 11) is 0. The maximum absolute atomic E-state index is 9.29. The van der Waals surface area contributed by atoms with Crippen LogP contribution in [0.15, 0.2) is 11.4 Å². The average molecular weight is 212 g/mol. The van der Waals surface area contributed by atoms with Crippen LogP contribution in [0.1, 0.15) is 37.1 Å². The Kier molecular flexibility index (Phi) is 4.14.